The van der Waals surface area contributed by atoms with Crippen molar-refractivity contribution in [3.63, 3.8) is 0 Å². The SMILES string of the molecule is CCC(CC)N(C)S(=O)(=O)c1cccc(C(C)N)c1. The molecule has 108 valence electrons. The van der Waals surface area contributed by atoms with Crippen molar-refractivity contribution in [2.75, 3.05) is 7.05 Å². The van der Waals surface area contributed by atoms with E-state index in [4.69, 9.17) is 5.73 Å². The molecule has 1 aromatic rings. The highest BCUT2D eigenvalue weighted by atomic mass is 32.2. The van der Waals surface area contributed by atoms with E-state index in [1.807, 2.05) is 26.8 Å². The molecule has 2 N–H and O–H groups in total. The van der Waals surface area contributed by atoms with E-state index in [0.717, 1.165) is 18.4 Å². The minimum absolute atomic E-state index is 0.0314. The van der Waals surface area contributed by atoms with E-state index < -0.39 is 10.0 Å². The maximum absolute atomic E-state index is 12.6. The molecular formula is C14H24N2O2S. The predicted octanol–water partition coefficient (Wildman–Crippen LogP) is 2.52. The topological polar surface area (TPSA) is 63.4 Å². The average Bonchev–Trinajstić information content (AvgIpc) is 2.40. The third kappa shape index (κ3) is 3.55. The van der Waals surface area contributed by atoms with Gasteiger partial charge in [-0.2, -0.15) is 4.31 Å². The molecule has 1 atom stereocenters. The zero-order chi connectivity index (χ0) is 14.6. The van der Waals surface area contributed by atoms with E-state index in [-0.39, 0.29) is 12.1 Å². The molecule has 0 aliphatic carbocycles. The molecule has 1 rings (SSSR count). The van der Waals surface area contributed by atoms with Gasteiger partial charge >= 0.3 is 0 Å². The van der Waals surface area contributed by atoms with Crippen molar-refractivity contribution in [1.82, 2.24) is 4.31 Å². The number of hydrogen-bond acceptors (Lipinski definition) is 3. The molecule has 0 saturated heterocycles. The van der Waals surface area contributed by atoms with Crippen LogP contribution in [0.15, 0.2) is 29.2 Å². The van der Waals surface area contributed by atoms with Gasteiger partial charge in [-0.05, 0) is 37.5 Å². The summed E-state index contributed by atoms with van der Waals surface area (Å²) in [4.78, 5) is 0.316. The first kappa shape index (κ1) is 16.1. The lowest BCUT2D eigenvalue weighted by atomic mass is 10.1. The number of hydrogen-bond donors (Lipinski definition) is 1. The van der Waals surface area contributed by atoms with Gasteiger partial charge in [0, 0.05) is 19.1 Å². The molecule has 0 heterocycles. The summed E-state index contributed by atoms with van der Waals surface area (Å²) in [5.74, 6) is 0. The van der Waals surface area contributed by atoms with Crippen molar-refractivity contribution in [1.29, 1.82) is 0 Å². The lowest BCUT2D eigenvalue weighted by Crippen LogP contribution is -2.36. The number of nitrogens with two attached hydrogens (primary N) is 1. The average molecular weight is 284 g/mol. The van der Waals surface area contributed by atoms with Crippen LogP contribution in [0, 0.1) is 0 Å². The van der Waals surface area contributed by atoms with Crippen LogP contribution in [0.2, 0.25) is 0 Å². The summed E-state index contributed by atoms with van der Waals surface area (Å²) < 4.78 is 26.6. The van der Waals surface area contributed by atoms with E-state index in [9.17, 15) is 8.42 Å². The second kappa shape index (κ2) is 6.50. The molecule has 0 aliphatic rings. The molecular weight excluding hydrogens is 260 g/mol. The summed E-state index contributed by atoms with van der Waals surface area (Å²) in [6.07, 6.45) is 1.61. The lowest BCUT2D eigenvalue weighted by molar-refractivity contribution is 0.349. The van der Waals surface area contributed by atoms with Crippen molar-refractivity contribution in [2.45, 2.75) is 50.6 Å². The molecule has 1 aromatic carbocycles. The maximum Gasteiger partial charge on any atom is 0.243 e. The highest BCUT2D eigenvalue weighted by molar-refractivity contribution is 7.89. The van der Waals surface area contributed by atoms with Crippen molar-refractivity contribution in [3.8, 4) is 0 Å². The second-order valence-electron chi connectivity index (χ2n) is 4.85. The Bertz CT molecular complexity index is 508. The molecule has 0 spiro atoms. The fraction of sp³-hybridized carbons (Fsp3) is 0.571. The van der Waals surface area contributed by atoms with Gasteiger partial charge in [0.1, 0.15) is 0 Å². The fourth-order valence-corrected chi connectivity index (χ4v) is 3.68. The van der Waals surface area contributed by atoms with E-state index >= 15 is 0 Å². The Morgan fingerprint density at radius 1 is 1.26 bits per heavy atom. The van der Waals surface area contributed by atoms with Gasteiger partial charge < -0.3 is 5.73 Å². The van der Waals surface area contributed by atoms with Crippen LogP contribution in [0.1, 0.15) is 45.2 Å². The van der Waals surface area contributed by atoms with E-state index in [2.05, 4.69) is 0 Å². The van der Waals surface area contributed by atoms with E-state index in [1.54, 1.807) is 25.2 Å². The van der Waals surface area contributed by atoms with Gasteiger partial charge in [-0.25, -0.2) is 8.42 Å². The molecule has 0 aliphatic heterocycles. The normalized spacial score (nSPS) is 14.1. The molecule has 0 bridgehead atoms. The number of rotatable bonds is 6. The zero-order valence-corrected chi connectivity index (χ0v) is 12.9. The minimum atomic E-state index is -3.44. The van der Waals surface area contributed by atoms with Gasteiger partial charge in [0.05, 0.1) is 4.90 Å². The molecule has 5 heteroatoms. The van der Waals surface area contributed by atoms with Gasteiger partial charge in [0.25, 0.3) is 0 Å². The molecule has 0 aromatic heterocycles. The number of sulfonamides is 1. The molecule has 0 fully saturated rings. The Balaban J connectivity index is 3.16. The summed E-state index contributed by atoms with van der Waals surface area (Å²) in [6.45, 7) is 5.84. The molecule has 0 radical (unpaired) electrons. The van der Waals surface area contributed by atoms with Crippen LogP contribution < -0.4 is 5.73 Å². The predicted molar refractivity (Wildman–Crippen MR) is 78.4 cm³/mol. The second-order valence-corrected chi connectivity index (χ2v) is 6.85. The molecule has 1 unspecified atom stereocenters. The van der Waals surface area contributed by atoms with Crippen molar-refractivity contribution in [3.05, 3.63) is 29.8 Å². The van der Waals surface area contributed by atoms with Gasteiger partial charge in [0.2, 0.25) is 10.0 Å². The summed E-state index contributed by atoms with van der Waals surface area (Å²) >= 11 is 0. The Morgan fingerprint density at radius 2 is 1.84 bits per heavy atom. The summed E-state index contributed by atoms with van der Waals surface area (Å²) in [7, 11) is -1.80. The van der Waals surface area contributed by atoms with Crippen molar-refractivity contribution in [2.24, 2.45) is 5.73 Å². The van der Waals surface area contributed by atoms with Gasteiger partial charge in [-0.3, -0.25) is 0 Å². The monoisotopic (exact) mass is 284 g/mol. The highest BCUT2D eigenvalue weighted by Gasteiger charge is 2.26. The van der Waals surface area contributed by atoms with Crippen LogP contribution in [-0.2, 0) is 10.0 Å². The summed E-state index contributed by atoms with van der Waals surface area (Å²) in [5, 5.41) is 0. The first-order valence-corrected chi connectivity index (χ1v) is 8.12. The van der Waals surface area contributed by atoms with Crippen LogP contribution in [-0.4, -0.2) is 25.8 Å². The fourth-order valence-electron chi connectivity index (χ4n) is 2.12. The minimum Gasteiger partial charge on any atom is -0.324 e. The van der Waals surface area contributed by atoms with Crippen LogP contribution in [0.25, 0.3) is 0 Å². The Hall–Kier alpha value is -0.910. The van der Waals surface area contributed by atoms with Crippen LogP contribution in [0.3, 0.4) is 0 Å². The van der Waals surface area contributed by atoms with Gasteiger partial charge in [0.15, 0.2) is 0 Å². The van der Waals surface area contributed by atoms with Crippen LogP contribution >= 0.6 is 0 Å². The zero-order valence-electron chi connectivity index (χ0n) is 12.1. The maximum atomic E-state index is 12.6. The standard InChI is InChI=1S/C14H24N2O2S/c1-5-13(6-2)16(4)19(17,18)14-9-7-8-12(10-14)11(3)15/h7-11,13H,5-6,15H2,1-4H3. The quantitative estimate of drug-likeness (QED) is 0.873. The van der Waals surface area contributed by atoms with E-state index in [0.29, 0.717) is 4.90 Å². The lowest BCUT2D eigenvalue weighted by Gasteiger charge is -2.25. The first-order valence-electron chi connectivity index (χ1n) is 6.68. The Labute approximate surface area is 116 Å². The summed E-state index contributed by atoms with van der Waals surface area (Å²) in [6, 6.07) is 6.74. The first-order chi connectivity index (χ1) is 8.84. The van der Waals surface area contributed by atoms with Gasteiger partial charge in [-0.1, -0.05) is 26.0 Å². The summed E-state index contributed by atoms with van der Waals surface area (Å²) in [5.41, 5.74) is 6.64. The third-order valence-electron chi connectivity index (χ3n) is 3.52. The van der Waals surface area contributed by atoms with E-state index in [1.165, 1.54) is 4.31 Å². The number of benzene rings is 1. The largest absolute Gasteiger partial charge is 0.324 e. The Kier molecular flexibility index (Phi) is 5.52. The molecule has 0 amide bonds. The van der Waals surface area contributed by atoms with Crippen molar-refractivity contribution >= 4 is 10.0 Å². The third-order valence-corrected chi connectivity index (χ3v) is 5.42. The molecule has 0 saturated carbocycles. The molecule has 4 nitrogen and oxygen atoms in total. The number of nitrogens with zero attached hydrogens (tertiary/aromatic N) is 1. The highest BCUT2D eigenvalue weighted by Crippen LogP contribution is 2.22. The van der Waals surface area contributed by atoms with Crippen molar-refractivity contribution < 1.29 is 8.42 Å². The van der Waals surface area contributed by atoms with Crippen LogP contribution in [0.5, 0.6) is 0 Å². The molecule has 19 heavy (non-hydrogen) atoms. The van der Waals surface area contributed by atoms with Crippen LogP contribution in [0.4, 0.5) is 0 Å². The van der Waals surface area contributed by atoms with Gasteiger partial charge in [-0.15, -0.1) is 0 Å². The smallest absolute Gasteiger partial charge is 0.243 e. The Morgan fingerprint density at radius 3 is 2.32 bits per heavy atom.